The summed E-state index contributed by atoms with van der Waals surface area (Å²) in [6.07, 6.45) is 4.88. The van der Waals surface area contributed by atoms with Gasteiger partial charge in [0.2, 0.25) is 5.91 Å². The molecule has 1 aromatic carbocycles. The second-order valence-corrected chi connectivity index (χ2v) is 6.97. The SMILES string of the molecule is CC1c2ccccc2CCN1C(=O)[C@H]1CNC[C@@H]1c1cnn(C)c1. The van der Waals surface area contributed by atoms with E-state index in [4.69, 9.17) is 0 Å². The van der Waals surface area contributed by atoms with Crippen LogP contribution in [0.5, 0.6) is 0 Å². The maximum atomic E-state index is 13.3. The molecule has 24 heavy (non-hydrogen) atoms. The Hall–Kier alpha value is -2.14. The zero-order valence-electron chi connectivity index (χ0n) is 14.3. The summed E-state index contributed by atoms with van der Waals surface area (Å²) < 4.78 is 1.81. The Morgan fingerprint density at radius 3 is 2.92 bits per heavy atom. The molecule has 2 aliphatic rings. The molecule has 3 heterocycles. The largest absolute Gasteiger partial charge is 0.335 e. The quantitative estimate of drug-likeness (QED) is 0.917. The highest BCUT2D eigenvalue weighted by molar-refractivity contribution is 5.81. The van der Waals surface area contributed by atoms with Crippen LogP contribution >= 0.6 is 0 Å². The summed E-state index contributed by atoms with van der Waals surface area (Å²) >= 11 is 0. The molecule has 0 radical (unpaired) electrons. The molecule has 1 saturated heterocycles. The lowest BCUT2D eigenvalue weighted by Gasteiger charge is -2.37. The Kier molecular flexibility index (Phi) is 3.88. The van der Waals surface area contributed by atoms with Crippen molar-refractivity contribution in [3.05, 3.63) is 53.3 Å². The normalized spacial score (nSPS) is 26.4. The van der Waals surface area contributed by atoms with Crippen molar-refractivity contribution in [1.82, 2.24) is 20.0 Å². The summed E-state index contributed by atoms with van der Waals surface area (Å²) in [6, 6.07) is 8.65. The molecule has 2 aromatic rings. The number of amides is 1. The summed E-state index contributed by atoms with van der Waals surface area (Å²) in [5.74, 6) is 0.494. The van der Waals surface area contributed by atoms with Gasteiger partial charge in [-0.2, -0.15) is 5.10 Å². The number of aromatic nitrogens is 2. The second kappa shape index (κ2) is 6.06. The molecule has 2 aliphatic heterocycles. The third-order valence-electron chi connectivity index (χ3n) is 5.56. The summed E-state index contributed by atoms with van der Waals surface area (Å²) in [4.78, 5) is 15.3. The van der Waals surface area contributed by atoms with Crippen molar-refractivity contribution >= 4 is 5.91 Å². The van der Waals surface area contributed by atoms with Gasteiger partial charge in [0, 0.05) is 38.8 Å². The van der Waals surface area contributed by atoms with E-state index in [1.807, 2.05) is 24.1 Å². The summed E-state index contributed by atoms with van der Waals surface area (Å²) in [5.41, 5.74) is 3.83. The van der Waals surface area contributed by atoms with E-state index in [1.54, 1.807) is 0 Å². The molecule has 1 N–H and O–H groups in total. The molecule has 5 heteroatoms. The highest BCUT2D eigenvalue weighted by Crippen LogP contribution is 2.34. The van der Waals surface area contributed by atoms with E-state index in [-0.39, 0.29) is 23.8 Å². The molecule has 4 rings (SSSR count). The molecule has 0 spiro atoms. The van der Waals surface area contributed by atoms with E-state index in [2.05, 4.69) is 46.5 Å². The van der Waals surface area contributed by atoms with Crippen molar-refractivity contribution in [2.24, 2.45) is 13.0 Å². The van der Waals surface area contributed by atoms with E-state index >= 15 is 0 Å². The van der Waals surface area contributed by atoms with Gasteiger partial charge in [-0.15, -0.1) is 0 Å². The minimum Gasteiger partial charge on any atom is -0.335 e. The lowest BCUT2D eigenvalue weighted by molar-refractivity contribution is -0.138. The molecule has 5 nitrogen and oxygen atoms in total. The number of nitrogens with one attached hydrogen (secondary N) is 1. The number of hydrogen-bond acceptors (Lipinski definition) is 3. The van der Waals surface area contributed by atoms with Crippen molar-refractivity contribution in [1.29, 1.82) is 0 Å². The van der Waals surface area contributed by atoms with E-state index in [9.17, 15) is 4.79 Å². The maximum Gasteiger partial charge on any atom is 0.228 e. The first-order valence-corrected chi connectivity index (χ1v) is 8.72. The van der Waals surface area contributed by atoms with E-state index in [0.717, 1.165) is 31.6 Å². The van der Waals surface area contributed by atoms with Crippen LogP contribution in [-0.2, 0) is 18.3 Å². The van der Waals surface area contributed by atoms with Gasteiger partial charge in [-0.05, 0) is 30.0 Å². The highest BCUT2D eigenvalue weighted by atomic mass is 16.2. The fourth-order valence-electron chi connectivity index (χ4n) is 4.21. The van der Waals surface area contributed by atoms with Gasteiger partial charge in [-0.3, -0.25) is 9.48 Å². The van der Waals surface area contributed by atoms with Gasteiger partial charge >= 0.3 is 0 Å². The molecular weight excluding hydrogens is 300 g/mol. The monoisotopic (exact) mass is 324 g/mol. The van der Waals surface area contributed by atoms with Gasteiger partial charge in [-0.25, -0.2) is 0 Å². The first kappa shape index (κ1) is 15.4. The number of hydrogen-bond donors (Lipinski definition) is 1. The number of carbonyl (C=O) groups is 1. The molecule has 0 bridgehead atoms. The smallest absolute Gasteiger partial charge is 0.228 e. The third-order valence-corrected chi connectivity index (χ3v) is 5.56. The minimum absolute atomic E-state index is 0.00177. The van der Waals surface area contributed by atoms with Crippen molar-refractivity contribution in [2.45, 2.75) is 25.3 Å². The Labute approximate surface area is 142 Å². The number of nitrogens with zero attached hydrogens (tertiary/aromatic N) is 3. The molecule has 126 valence electrons. The fraction of sp³-hybridized carbons (Fsp3) is 0.474. The first-order valence-electron chi connectivity index (χ1n) is 8.72. The van der Waals surface area contributed by atoms with Crippen molar-refractivity contribution in [2.75, 3.05) is 19.6 Å². The number of fused-ring (bicyclic) bond motifs is 1. The molecule has 0 aliphatic carbocycles. The van der Waals surface area contributed by atoms with Crippen LogP contribution in [-0.4, -0.2) is 40.2 Å². The lowest BCUT2D eigenvalue weighted by Crippen LogP contribution is -2.43. The van der Waals surface area contributed by atoms with Gasteiger partial charge in [0.1, 0.15) is 0 Å². The molecule has 1 unspecified atom stereocenters. The first-order chi connectivity index (χ1) is 11.6. The molecular formula is C19H24N4O. The third kappa shape index (κ3) is 2.53. The number of benzene rings is 1. The van der Waals surface area contributed by atoms with Crippen LogP contribution in [0.15, 0.2) is 36.7 Å². The molecule has 0 saturated carbocycles. The van der Waals surface area contributed by atoms with Crippen LogP contribution in [0.25, 0.3) is 0 Å². The maximum absolute atomic E-state index is 13.3. The zero-order chi connectivity index (χ0) is 16.7. The summed E-state index contributed by atoms with van der Waals surface area (Å²) in [6.45, 7) is 4.56. The predicted molar refractivity (Wildman–Crippen MR) is 92.6 cm³/mol. The summed E-state index contributed by atoms with van der Waals surface area (Å²) in [7, 11) is 1.92. The van der Waals surface area contributed by atoms with E-state index in [0.29, 0.717) is 0 Å². The standard InChI is InChI=1S/C19H24N4O/c1-13-16-6-4-3-5-14(16)7-8-23(13)19(24)18-11-20-10-17(18)15-9-21-22(2)12-15/h3-6,9,12-13,17-18,20H,7-8,10-11H2,1-2H3/t13?,17-,18+/m1/s1. The minimum atomic E-state index is 0.00177. The van der Waals surface area contributed by atoms with Crippen LogP contribution in [0, 0.1) is 5.92 Å². The van der Waals surface area contributed by atoms with Crippen LogP contribution in [0.2, 0.25) is 0 Å². The van der Waals surface area contributed by atoms with Gasteiger partial charge < -0.3 is 10.2 Å². The topological polar surface area (TPSA) is 50.2 Å². The Morgan fingerprint density at radius 1 is 1.29 bits per heavy atom. The Morgan fingerprint density at radius 2 is 2.12 bits per heavy atom. The van der Waals surface area contributed by atoms with Gasteiger partial charge in [0.25, 0.3) is 0 Å². The zero-order valence-corrected chi connectivity index (χ0v) is 14.3. The van der Waals surface area contributed by atoms with Gasteiger partial charge in [0.15, 0.2) is 0 Å². The average Bonchev–Trinajstić information content (AvgIpc) is 3.23. The average molecular weight is 324 g/mol. The van der Waals surface area contributed by atoms with Gasteiger partial charge in [-0.1, -0.05) is 24.3 Å². The van der Waals surface area contributed by atoms with E-state index in [1.165, 1.54) is 11.1 Å². The fourth-order valence-corrected chi connectivity index (χ4v) is 4.21. The summed E-state index contributed by atoms with van der Waals surface area (Å²) in [5, 5.41) is 7.68. The molecule has 1 fully saturated rings. The van der Waals surface area contributed by atoms with Crippen LogP contribution in [0.1, 0.15) is 35.6 Å². The van der Waals surface area contributed by atoms with Crippen LogP contribution in [0.4, 0.5) is 0 Å². The Balaban J connectivity index is 1.57. The van der Waals surface area contributed by atoms with Crippen LogP contribution < -0.4 is 5.32 Å². The van der Waals surface area contributed by atoms with Crippen molar-refractivity contribution in [3.63, 3.8) is 0 Å². The van der Waals surface area contributed by atoms with Crippen molar-refractivity contribution < 1.29 is 4.79 Å². The second-order valence-electron chi connectivity index (χ2n) is 6.97. The number of carbonyl (C=O) groups excluding carboxylic acids is 1. The molecule has 1 aromatic heterocycles. The van der Waals surface area contributed by atoms with Crippen molar-refractivity contribution in [3.8, 4) is 0 Å². The lowest BCUT2D eigenvalue weighted by atomic mass is 9.87. The Bertz CT molecular complexity index is 753. The van der Waals surface area contributed by atoms with E-state index < -0.39 is 0 Å². The number of aryl methyl sites for hydroxylation is 1. The number of rotatable bonds is 2. The predicted octanol–water partition coefficient (Wildman–Crippen LogP) is 1.87. The molecule has 1 amide bonds. The highest BCUT2D eigenvalue weighted by Gasteiger charge is 2.39. The van der Waals surface area contributed by atoms with Crippen LogP contribution in [0.3, 0.4) is 0 Å². The molecule has 3 atom stereocenters. The van der Waals surface area contributed by atoms with Gasteiger partial charge in [0.05, 0.1) is 18.2 Å².